The maximum atomic E-state index is 14.4. The molecule has 0 aromatic heterocycles. The van der Waals surface area contributed by atoms with E-state index in [1.54, 1.807) is 30.3 Å². The van der Waals surface area contributed by atoms with Crippen LogP contribution in [0.3, 0.4) is 0 Å². The van der Waals surface area contributed by atoms with Crippen LogP contribution in [-0.2, 0) is 16.1 Å². The Morgan fingerprint density at radius 3 is 2.57 bits per heavy atom. The molecule has 1 saturated heterocycles. The number of nitrogens with zero attached hydrogens (tertiary/aromatic N) is 2. The Hall–Kier alpha value is -3.92. The highest BCUT2D eigenvalue weighted by Gasteiger charge is 2.36. The highest BCUT2D eigenvalue weighted by Crippen LogP contribution is 2.35. The van der Waals surface area contributed by atoms with Crippen molar-refractivity contribution in [2.24, 2.45) is 4.99 Å². The standard InChI is InChI=1S/C25H19F2N3O4S/c26-16-5-1-3-7-18(16)28-24(32)22-12-23(31)30(13-15-9-10-20-21(11-15)34-14-33-20)25(35-22)29-19-8-4-2-6-17(19)27/h1-11,22H,12-14H2,(H,28,32). The molecule has 0 bridgehead atoms. The van der Waals surface area contributed by atoms with Gasteiger partial charge in [0, 0.05) is 6.42 Å². The zero-order chi connectivity index (χ0) is 24.4. The lowest BCUT2D eigenvalue weighted by Crippen LogP contribution is -2.44. The summed E-state index contributed by atoms with van der Waals surface area (Å²) < 4.78 is 39.1. The maximum Gasteiger partial charge on any atom is 0.238 e. The molecule has 178 valence electrons. The Morgan fingerprint density at radius 2 is 1.77 bits per heavy atom. The van der Waals surface area contributed by atoms with Gasteiger partial charge >= 0.3 is 0 Å². The van der Waals surface area contributed by atoms with Crippen molar-refractivity contribution >= 4 is 40.1 Å². The van der Waals surface area contributed by atoms with Crippen LogP contribution in [0, 0.1) is 11.6 Å². The molecule has 1 atom stereocenters. The van der Waals surface area contributed by atoms with Crippen LogP contribution in [0.25, 0.3) is 0 Å². The predicted molar refractivity (Wildman–Crippen MR) is 128 cm³/mol. The number of amidine groups is 1. The first-order valence-corrected chi connectivity index (χ1v) is 11.6. The molecular weight excluding hydrogens is 476 g/mol. The van der Waals surface area contributed by atoms with E-state index in [1.165, 1.54) is 41.3 Å². The molecular formula is C25H19F2N3O4S. The van der Waals surface area contributed by atoms with Crippen molar-refractivity contribution in [1.29, 1.82) is 0 Å². The quantitative estimate of drug-likeness (QED) is 0.547. The summed E-state index contributed by atoms with van der Waals surface area (Å²) in [5.41, 5.74) is 0.799. The van der Waals surface area contributed by atoms with Crippen molar-refractivity contribution in [3.8, 4) is 11.5 Å². The van der Waals surface area contributed by atoms with Crippen LogP contribution in [0.4, 0.5) is 20.2 Å². The number of ether oxygens (including phenoxy) is 2. The number of nitrogens with one attached hydrogen (secondary N) is 1. The summed E-state index contributed by atoms with van der Waals surface area (Å²) in [4.78, 5) is 31.9. The monoisotopic (exact) mass is 495 g/mol. The average molecular weight is 496 g/mol. The molecule has 0 spiro atoms. The van der Waals surface area contributed by atoms with E-state index in [0.717, 1.165) is 17.3 Å². The van der Waals surface area contributed by atoms with E-state index in [-0.39, 0.29) is 42.2 Å². The second kappa shape index (κ2) is 9.75. The minimum absolute atomic E-state index is 0.0148. The molecule has 1 unspecified atom stereocenters. The number of aliphatic imine (C=N–C) groups is 1. The third kappa shape index (κ3) is 4.97. The summed E-state index contributed by atoms with van der Waals surface area (Å²) in [5.74, 6) is -0.887. The fourth-order valence-electron chi connectivity index (χ4n) is 3.64. The van der Waals surface area contributed by atoms with Gasteiger partial charge in [0.2, 0.25) is 18.6 Å². The summed E-state index contributed by atoms with van der Waals surface area (Å²) in [7, 11) is 0. The molecule has 1 N–H and O–H groups in total. The van der Waals surface area contributed by atoms with E-state index in [9.17, 15) is 18.4 Å². The van der Waals surface area contributed by atoms with Gasteiger partial charge in [-0.3, -0.25) is 14.5 Å². The van der Waals surface area contributed by atoms with Gasteiger partial charge in [-0.15, -0.1) is 0 Å². The summed E-state index contributed by atoms with van der Waals surface area (Å²) in [6.45, 7) is 0.257. The second-order valence-electron chi connectivity index (χ2n) is 7.79. The number of hydrogen-bond donors (Lipinski definition) is 1. The van der Waals surface area contributed by atoms with Gasteiger partial charge in [-0.05, 0) is 42.0 Å². The Kier molecular flexibility index (Phi) is 6.37. The fourth-order valence-corrected chi connectivity index (χ4v) is 4.73. The number of carbonyl (C=O) groups excluding carboxylic acids is 2. The Balaban J connectivity index is 1.43. The molecule has 1 fully saturated rings. The Bertz CT molecular complexity index is 1330. The van der Waals surface area contributed by atoms with Crippen LogP contribution in [0.1, 0.15) is 12.0 Å². The van der Waals surface area contributed by atoms with Gasteiger partial charge in [-0.2, -0.15) is 0 Å². The number of thioether (sulfide) groups is 1. The Morgan fingerprint density at radius 1 is 1.03 bits per heavy atom. The normalized spacial score (nSPS) is 18.1. The molecule has 2 amide bonds. The van der Waals surface area contributed by atoms with Crippen LogP contribution in [0.5, 0.6) is 11.5 Å². The van der Waals surface area contributed by atoms with Gasteiger partial charge in [0.05, 0.1) is 12.2 Å². The summed E-state index contributed by atoms with van der Waals surface area (Å²) in [5, 5.41) is 1.81. The van der Waals surface area contributed by atoms with Crippen LogP contribution in [0.15, 0.2) is 71.7 Å². The molecule has 3 aromatic rings. The van der Waals surface area contributed by atoms with E-state index in [4.69, 9.17) is 9.47 Å². The smallest absolute Gasteiger partial charge is 0.238 e. The fraction of sp³-hybridized carbons (Fsp3) is 0.160. The number of hydrogen-bond acceptors (Lipinski definition) is 6. The molecule has 2 aliphatic rings. The molecule has 5 rings (SSSR count). The molecule has 7 nitrogen and oxygen atoms in total. The molecule has 0 radical (unpaired) electrons. The predicted octanol–water partition coefficient (Wildman–Crippen LogP) is 4.85. The zero-order valence-electron chi connectivity index (χ0n) is 18.2. The number of fused-ring (bicyclic) bond motifs is 1. The SMILES string of the molecule is O=C(Nc1ccccc1F)C1CC(=O)N(Cc2ccc3c(c2)OCO3)C(=Nc2ccccc2F)S1. The number of anilines is 1. The second-order valence-corrected chi connectivity index (χ2v) is 8.96. The van der Waals surface area contributed by atoms with Gasteiger partial charge in [0.25, 0.3) is 0 Å². The number of rotatable bonds is 5. The number of amides is 2. The number of halogens is 2. The molecule has 2 heterocycles. The van der Waals surface area contributed by atoms with E-state index < -0.39 is 22.8 Å². The lowest BCUT2D eigenvalue weighted by Gasteiger charge is -2.32. The summed E-state index contributed by atoms with van der Waals surface area (Å²) in [6, 6.07) is 17.0. The van der Waals surface area contributed by atoms with Gasteiger partial charge in [0.1, 0.15) is 22.6 Å². The minimum Gasteiger partial charge on any atom is -0.454 e. The first-order valence-electron chi connectivity index (χ1n) is 10.7. The van der Waals surface area contributed by atoms with Gasteiger partial charge in [-0.25, -0.2) is 13.8 Å². The largest absolute Gasteiger partial charge is 0.454 e. The van der Waals surface area contributed by atoms with Crippen molar-refractivity contribution in [2.45, 2.75) is 18.2 Å². The van der Waals surface area contributed by atoms with Gasteiger partial charge < -0.3 is 14.8 Å². The van der Waals surface area contributed by atoms with Crippen LogP contribution in [-0.4, -0.2) is 33.9 Å². The van der Waals surface area contributed by atoms with E-state index in [2.05, 4.69) is 10.3 Å². The van der Waals surface area contributed by atoms with Gasteiger partial charge in [-0.1, -0.05) is 42.1 Å². The van der Waals surface area contributed by atoms with Crippen molar-refractivity contribution in [3.05, 3.63) is 83.9 Å². The molecule has 35 heavy (non-hydrogen) atoms. The topological polar surface area (TPSA) is 80.2 Å². The van der Waals surface area contributed by atoms with Crippen LogP contribution >= 0.6 is 11.8 Å². The highest BCUT2D eigenvalue weighted by atomic mass is 32.2. The molecule has 2 aliphatic heterocycles. The third-order valence-electron chi connectivity index (χ3n) is 5.41. The summed E-state index contributed by atoms with van der Waals surface area (Å²) >= 11 is 1.02. The van der Waals surface area contributed by atoms with Crippen LogP contribution in [0.2, 0.25) is 0 Å². The molecule has 10 heteroatoms. The third-order valence-corrected chi connectivity index (χ3v) is 6.60. The van der Waals surface area contributed by atoms with Crippen molar-refractivity contribution in [1.82, 2.24) is 4.90 Å². The van der Waals surface area contributed by atoms with Gasteiger partial charge in [0.15, 0.2) is 16.7 Å². The molecule has 0 aliphatic carbocycles. The maximum absolute atomic E-state index is 14.4. The van der Waals surface area contributed by atoms with E-state index >= 15 is 0 Å². The zero-order valence-corrected chi connectivity index (χ0v) is 19.1. The molecule has 0 saturated carbocycles. The van der Waals surface area contributed by atoms with E-state index in [1.807, 2.05) is 0 Å². The number of benzene rings is 3. The lowest BCUT2D eigenvalue weighted by atomic mass is 10.1. The first kappa shape index (κ1) is 22.9. The number of carbonyl (C=O) groups is 2. The Labute approximate surface area is 203 Å². The van der Waals surface area contributed by atoms with Crippen molar-refractivity contribution in [2.75, 3.05) is 12.1 Å². The van der Waals surface area contributed by atoms with Crippen LogP contribution < -0.4 is 14.8 Å². The lowest BCUT2D eigenvalue weighted by molar-refractivity contribution is -0.129. The first-order chi connectivity index (χ1) is 17.0. The van der Waals surface area contributed by atoms with E-state index in [0.29, 0.717) is 11.5 Å². The minimum atomic E-state index is -0.874. The van der Waals surface area contributed by atoms with Crippen molar-refractivity contribution < 1.29 is 27.8 Å². The molecule has 3 aromatic carbocycles. The van der Waals surface area contributed by atoms with Crippen molar-refractivity contribution in [3.63, 3.8) is 0 Å². The highest BCUT2D eigenvalue weighted by molar-refractivity contribution is 8.15. The summed E-state index contributed by atoms with van der Waals surface area (Å²) in [6.07, 6.45) is -0.133. The number of para-hydroxylation sites is 2. The average Bonchev–Trinajstić information content (AvgIpc) is 3.32.